The van der Waals surface area contributed by atoms with Gasteiger partial charge in [0.1, 0.15) is 5.01 Å². The van der Waals surface area contributed by atoms with E-state index in [1.165, 1.54) is 12.8 Å². The Kier molecular flexibility index (Phi) is 2.45. The number of aromatic nitrogens is 4. The average molecular weight is 251 g/mol. The predicted octanol–water partition coefficient (Wildman–Crippen LogP) is 1.91. The van der Waals surface area contributed by atoms with E-state index in [0.717, 1.165) is 22.3 Å². The molecule has 0 saturated heterocycles. The minimum absolute atomic E-state index is 0.0963. The average Bonchev–Trinajstić information content (AvgIpc) is 2.88. The third kappa shape index (κ3) is 1.85. The van der Waals surface area contributed by atoms with Gasteiger partial charge in [0.2, 0.25) is 4.96 Å². The molecule has 5 nitrogen and oxygen atoms in total. The maximum Gasteiger partial charge on any atom is 0.234 e. The normalized spacial score (nSPS) is 16.9. The highest BCUT2D eigenvalue weighted by molar-refractivity contribution is 7.16. The van der Waals surface area contributed by atoms with Crippen LogP contribution in [0.2, 0.25) is 0 Å². The Labute approximate surface area is 104 Å². The van der Waals surface area contributed by atoms with Gasteiger partial charge in [-0.25, -0.2) is 0 Å². The molecule has 6 heteroatoms. The molecule has 0 unspecified atom stereocenters. The molecule has 0 radical (unpaired) electrons. The molecule has 1 aliphatic carbocycles. The van der Waals surface area contributed by atoms with Crippen LogP contribution in [0.4, 0.5) is 0 Å². The van der Waals surface area contributed by atoms with E-state index in [1.807, 2.05) is 4.52 Å². The Morgan fingerprint density at radius 1 is 1.41 bits per heavy atom. The van der Waals surface area contributed by atoms with Crippen molar-refractivity contribution in [1.29, 1.82) is 0 Å². The van der Waals surface area contributed by atoms with Crippen LogP contribution in [0.5, 0.6) is 0 Å². The zero-order valence-corrected chi connectivity index (χ0v) is 11.2. The molecule has 1 fully saturated rings. The highest BCUT2D eigenvalue weighted by Crippen LogP contribution is 2.39. The smallest absolute Gasteiger partial charge is 0.234 e. The first kappa shape index (κ1) is 11.1. The molecule has 3 rings (SSSR count). The van der Waals surface area contributed by atoms with E-state index in [0.29, 0.717) is 5.92 Å². The Balaban J connectivity index is 2.01. The molecule has 92 valence electrons. The van der Waals surface area contributed by atoms with Crippen LogP contribution in [-0.2, 0) is 5.54 Å². The summed E-state index contributed by atoms with van der Waals surface area (Å²) < 4.78 is 1.93. The predicted molar refractivity (Wildman–Crippen MR) is 67.3 cm³/mol. The van der Waals surface area contributed by atoms with Crippen molar-refractivity contribution in [2.45, 2.75) is 45.1 Å². The lowest BCUT2D eigenvalue weighted by Crippen LogP contribution is -2.36. The quantitative estimate of drug-likeness (QED) is 0.902. The van der Waals surface area contributed by atoms with Crippen molar-refractivity contribution in [2.75, 3.05) is 6.54 Å². The number of rotatable bonds is 4. The summed E-state index contributed by atoms with van der Waals surface area (Å²) in [6.45, 7) is 7.35. The number of hydrogen-bond acceptors (Lipinski definition) is 5. The van der Waals surface area contributed by atoms with E-state index in [4.69, 9.17) is 0 Å². The second-order valence-corrected chi connectivity index (χ2v) is 6.05. The molecule has 0 amide bonds. The zero-order valence-electron chi connectivity index (χ0n) is 10.4. The zero-order chi connectivity index (χ0) is 12.0. The van der Waals surface area contributed by atoms with Gasteiger partial charge < -0.3 is 5.32 Å². The number of nitrogens with zero attached hydrogens (tertiary/aromatic N) is 4. The van der Waals surface area contributed by atoms with Crippen LogP contribution >= 0.6 is 11.3 Å². The summed E-state index contributed by atoms with van der Waals surface area (Å²) in [7, 11) is 0. The molecule has 2 heterocycles. The van der Waals surface area contributed by atoms with Crippen LogP contribution in [0.1, 0.15) is 50.4 Å². The molecule has 2 aromatic heterocycles. The minimum atomic E-state index is -0.0963. The largest absolute Gasteiger partial charge is 0.306 e. The fraction of sp³-hybridized carbons (Fsp3) is 0.727. The Morgan fingerprint density at radius 3 is 2.82 bits per heavy atom. The molecule has 1 saturated carbocycles. The summed E-state index contributed by atoms with van der Waals surface area (Å²) in [4.78, 5) is 0.910. The van der Waals surface area contributed by atoms with Crippen LogP contribution in [0, 0.1) is 0 Å². The number of fused-ring (bicyclic) bond motifs is 1. The summed E-state index contributed by atoms with van der Waals surface area (Å²) in [5.74, 6) is 1.62. The molecular weight excluding hydrogens is 234 g/mol. The monoisotopic (exact) mass is 251 g/mol. The van der Waals surface area contributed by atoms with Gasteiger partial charge in [-0.05, 0) is 33.2 Å². The minimum Gasteiger partial charge on any atom is -0.306 e. The molecule has 0 spiro atoms. The van der Waals surface area contributed by atoms with Crippen molar-refractivity contribution in [1.82, 2.24) is 25.1 Å². The lowest BCUT2D eigenvalue weighted by molar-refractivity contribution is 0.409. The third-order valence-corrected chi connectivity index (χ3v) is 4.33. The molecule has 0 atom stereocenters. The lowest BCUT2D eigenvalue weighted by Gasteiger charge is -2.21. The number of nitrogens with one attached hydrogen (secondary N) is 1. The summed E-state index contributed by atoms with van der Waals surface area (Å²) in [6.07, 6.45) is 2.45. The summed E-state index contributed by atoms with van der Waals surface area (Å²) in [6, 6.07) is 0. The SMILES string of the molecule is CCNC(C)(C)c1nn2c(C3CC3)nnc2s1. The van der Waals surface area contributed by atoms with Crippen molar-refractivity contribution >= 4 is 16.3 Å². The van der Waals surface area contributed by atoms with Gasteiger partial charge in [0.05, 0.1) is 5.54 Å². The van der Waals surface area contributed by atoms with Gasteiger partial charge >= 0.3 is 0 Å². The van der Waals surface area contributed by atoms with E-state index in [9.17, 15) is 0 Å². The molecule has 1 N–H and O–H groups in total. The highest BCUT2D eigenvalue weighted by Gasteiger charge is 2.31. The first-order chi connectivity index (χ1) is 8.12. The van der Waals surface area contributed by atoms with Crippen LogP contribution in [0.25, 0.3) is 4.96 Å². The molecule has 2 aromatic rings. The first-order valence-electron chi connectivity index (χ1n) is 6.09. The van der Waals surface area contributed by atoms with Crippen molar-refractivity contribution < 1.29 is 0 Å². The third-order valence-electron chi connectivity index (χ3n) is 3.11. The molecule has 17 heavy (non-hydrogen) atoms. The van der Waals surface area contributed by atoms with E-state index < -0.39 is 0 Å². The molecular formula is C11H17N5S. The summed E-state index contributed by atoms with van der Waals surface area (Å²) >= 11 is 1.63. The second kappa shape index (κ2) is 3.74. The second-order valence-electron chi connectivity index (χ2n) is 5.09. The Morgan fingerprint density at radius 2 is 2.18 bits per heavy atom. The maximum atomic E-state index is 4.67. The van der Waals surface area contributed by atoms with Crippen LogP contribution < -0.4 is 5.32 Å². The molecule has 0 bridgehead atoms. The van der Waals surface area contributed by atoms with E-state index in [1.54, 1.807) is 11.3 Å². The Bertz CT molecular complexity index is 537. The van der Waals surface area contributed by atoms with Gasteiger partial charge in [0.15, 0.2) is 5.82 Å². The summed E-state index contributed by atoms with van der Waals surface area (Å²) in [5, 5.41) is 17.6. The van der Waals surface area contributed by atoms with Gasteiger partial charge in [-0.2, -0.15) is 9.61 Å². The standard InChI is InChI=1S/C11H17N5S/c1-4-12-11(2,3)9-15-16-8(7-5-6-7)13-14-10(16)17-9/h7,12H,4-6H2,1-3H3. The van der Waals surface area contributed by atoms with Crippen molar-refractivity contribution in [2.24, 2.45) is 0 Å². The van der Waals surface area contributed by atoms with Gasteiger partial charge in [-0.3, -0.25) is 0 Å². The maximum absolute atomic E-state index is 4.67. The van der Waals surface area contributed by atoms with Gasteiger partial charge in [0, 0.05) is 5.92 Å². The lowest BCUT2D eigenvalue weighted by atomic mass is 10.1. The summed E-state index contributed by atoms with van der Waals surface area (Å²) in [5.41, 5.74) is -0.0963. The molecule has 1 aliphatic rings. The van der Waals surface area contributed by atoms with E-state index in [2.05, 4.69) is 41.4 Å². The first-order valence-corrected chi connectivity index (χ1v) is 6.91. The van der Waals surface area contributed by atoms with Crippen molar-refractivity contribution in [3.8, 4) is 0 Å². The van der Waals surface area contributed by atoms with Gasteiger partial charge in [0.25, 0.3) is 0 Å². The van der Waals surface area contributed by atoms with Crippen molar-refractivity contribution in [3.63, 3.8) is 0 Å². The molecule has 0 aliphatic heterocycles. The number of hydrogen-bond donors (Lipinski definition) is 1. The van der Waals surface area contributed by atoms with Crippen LogP contribution in [0.3, 0.4) is 0 Å². The highest BCUT2D eigenvalue weighted by atomic mass is 32.1. The van der Waals surface area contributed by atoms with Crippen molar-refractivity contribution in [3.05, 3.63) is 10.8 Å². The molecule has 0 aromatic carbocycles. The Hall–Kier alpha value is -1.01. The topological polar surface area (TPSA) is 55.1 Å². The fourth-order valence-electron chi connectivity index (χ4n) is 2.00. The van der Waals surface area contributed by atoms with Gasteiger partial charge in [-0.15, -0.1) is 10.2 Å². The van der Waals surface area contributed by atoms with E-state index >= 15 is 0 Å². The van der Waals surface area contributed by atoms with Crippen LogP contribution in [0.15, 0.2) is 0 Å². The van der Waals surface area contributed by atoms with Gasteiger partial charge in [-0.1, -0.05) is 18.3 Å². The fourth-order valence-corrected chi connectivity index (χ4v) is 2.92. The van der Waals surface area contributed by atoms with Crippen LogP contribution in [-0.4, -0.2) is 26.4 Å². The van der Waals surface area contributed by atoms with E-state index in [-0.39, 0.29) is 5.54 Å².